The van der Waals surface area contributed by atoms with Crippen molar-refractivity contribution in [3.63, 3.8) is 0 Å². The zero-order valence-corrected chi connectivity index (χ0v) is 18.7. The lowest BCUT2D eigenvalue weighted by Crippen LogP contribution is -2.26. The molecular weight excluding hydrogens is 414 g/mol. The molecule has 3 heterocycles. The molecule has 1 aliphatic carbocycles. The topological polar surface area (TPSA) is 90.0 Å². The molecule has 4 aromatic rings. The van der Waals surface area contributed by atoms with E-state index in [1.807, 2.05) is 36.6 Å². The van der Waals surface area contributed by atoms with Gasteiger partial charge in [-0.05, 0) is 50.6 Å². The summed E-state index contributed by atoms with van der Waals surface area (Å²) >= 11 is 0. The third-order valence-corrected chi connectivity index (χ3v) is 5.92. The Morgan fingerprint density at radius 1 is 1.12 bits per heavy atom. The van der Waals surface area contributed by atoms with Crippen molar-refractivity contribution >= 4 is 22.3 Å². The first-order chi connectivity index (χ1) is 16.0. The molecule has 164 valence electrons. The molecule has 0 bridgehead atoms. The fourth-order valence-electron chi connectivity index (χ4n) is 4.14. The molecule has 1 fully saturated rings. The number of rotatable bonds is 5. The minimum Gasteiger partial charge on any atom is -0.371 e. The Kier molecular flexibility index (Phi) is 5.09. The second-order valence-corrected chi connectivity index (χ2v) is 8.39. The maximum Gasteiger partial charge on any atom is 0.259 e. The van der Waals surface area contributed by atoms with E-state index in [-0.39, 0.29) is 17.6 Å². The van der Waals surface area contributed by atoms with Crippen LogP contribution in [0.15, 0.2) is 47.7 Å². The fraction of sp³-hybridized carbons (Fsp3) is 0.280. The third-order valence-electron chi connectivity index (χ3n) is 5.92. The number of aryl methyl sites for hydroxylation is 2. The summed E-state index contributed by atoms with van der Waals surface area (Å²) in [6, 6.07) is 7.87. The van der Waals surface area contributed by atoms with Gasteiger partial charge in [0.05, 0.1) is 18.0 Å². The second-order valence-electron chi connectivity index (χ2n) is 8.39. The molecule has 0 saturated heterocycles. The lowest BCUT2D eigenvalue weighted by Gasteiger charge is -2.22. The first-order valence-corrected chi connectivity index (χ1v) is 10.9. The Balaban J connectivity index is 1.66. The zero-order chi connectivity index (χ0) is 23.1. The van der Waals surface area contributed by atoms with Crippen molar-refractivity contribution in [1.29, 1.82) is 0 Å². The first kappa shape index (κ1) is 20.8. The number of pyridine rings is 1. The van der Waals surface area contributed by atoms with E-state index in [1.165, 1.54) is 6.20 Å². The van der Waals surface area contributed by atoms with Gasteiger partial charge >= 0.3 is 0 Å². The van der Waals surface area contributed by atoms with Crippen molar-refractivity contribution in [2.24, 2.45) is 0 Å². The Labute approximate surface area is 191 Å². The summed E-state index contributed by atoms with van der Waals surface area (Å²) in [6.07, 6.45) is 7.00. The van der Waals surface area contributed by atoms with Crippen molar-refractivity contribution < 1.29 is 0 Å². The second kappa shape index (κ2) is 8.10. The largest absolute Gasteiger partial charge is 0.371 e. The molecule has 1 N–H and O–H groups in total. The summed E-state index contributed by atoms with van der Waals surface area (Å²) in [4.78, 5) is 34.5. The van der Waals surface area contributed by atoms with Crippen LogP contribution in [-0.4, -0.2) is 24.5 Å². The molecular formula is C25H23N7O. The number of anilines is 1. The molecule has 5 rings (SSSR count). The van der Waals surface area contributed by atoms with Gasteiger partial charge in [-0.2, -0.15) is 0 Å². The molecule has 0 spiro atoms. The Hall–Kier alpha value is -4.12. The van der Waals surface area contributed by atoms with Gasteiger partial charge < -0.3 is 9.88 Å². The zero-order valence-electron chi connectivity index (χ0n) is 18.7. The molecule has 0 amide bonds. The summed E-state index contributed by atoms with van der Waals surface area (Å²) in [6.45, 7) is 13.0. The van der Waals surface area contributed by atoms with Crippen molar-refractivity contribution in [1.82, 2.24) is 24.5 Å². The molecule has 0 unspecified atom stereocenters. The van der Waals surface area contributed by atoms with Gasteiger partial charge in [-0.15, -0.1) is 0 Å². The summed E-state index contributed by atoms with van der Waals surface area (Å²) in [5.74, 6) is 1.75. The van der Waals surface area contributed by atoms with Crippen molar-refractivity contribution in [2.45, 2.75) is 45.7 Å². The van der Waals surface area contributed by atoms with Gasteiger partial charge in [0.1, 0.15) is 17.5 Å². The number of nitrogens with zero attached hydrogens (tertiary/aromatic N) is 6. The molecule has 3 aromatic heterocycles. The van der Waals surface area contributed by atoms with Crippen LogP contribution >= 0.6 is 0 Å². The standard InChI is InChI=1S/C25H23N7O/c1-14(30-24-21(26-4)13-29-16(3)31-24)22-10-17-6-5-7-20(18-11-27-15(2)28-12-18)23(17)25(33)32(22)19-8-9-19/h5-7,10-14,19H,8-9H2,1-3H3,(H,29,30,31)/t14-/m0/s1. The predicted octanol–water partition coefficient (Wildman–Crippen LogP) is 4.92. The smallest absolute Gasteiger partial charge is 0.259 e. The third kappa shape index (κ3) is 3.82. The molecule has 33 heavy (non-hydrogen) atoms. The molecule has 8 nitrogen and oxygen atoms in total. The lowest BCUT2D eigenvalue weighted by molar-refractivity contribution is 0.636. The van der Waals surface area contributed by atoms with E-state index in [2.05, 4.69) is 36.2 Å². The van der Waals surface area contributed by atoms with Crippen molar-refractivity contribution in [3.8, 4) is 11.1 Å². The van der Waals surface area contributed by atoms with E-state index in [0.29, 0.717) is 28.5 Å². The van der Waals surface area contributed by atoms with Crippen LogP contribution in [0, 0.1) is 20.4 Å². The highest BCUT2D eigenvalue weighted by atomic mass is 16.1. The number of fused-ring (bicyclic) bond motifs is 1. The number of benzene rings is 1. The van der Waals surface area contributed by atoms with E-state index >= 15 is 0 Å². The SMILES string of the molecule is [C-]#[N+]c1cnc(C)nc1N[C@@H](C)c1cc2cccc(-c3cnc(C)nc3)c2c(=O)n1C1CC1. The van der Waals surface area contributed by atoms with Crippen LogP contribution in [0.1, 0.15) is 49.2 Å². The van der Waals surface area contributed by atoms with Crippen molar-refractivity contribution in [3.05, 3.63) is 82.0 Å². The van der Waals surface area contributed by atoms with Gasteiger partial charge in [-0.1, -0.05) is 18.2 Å². The van der Waals surface area contributed by atoms with Crippen LogP contribution in [0.2, 0.25) is 0 Å². The van der Waals surface area contributed by atoms with E-state index < -0.39 is 0 Å². The Morgan fingerprint density at radius 2 is 1.85 bits per heavy atom. The predicted molar refractivity (Wildman–Crippen MR) is 127 cm³/mol. The minimum absolute atomic E-state index is 0.0147. The number of nitrogens with one attached hydrogen (secondary N) is 1. The molecule has 1 aromatic carbocycles. The van der Waals surface area contributed by atoms with Crippen LogP contribution in [0.3, 0.4) is 0 Å². The summed E-state index contributed by atoms with van der Waals surface area (Å²) in [5.41, 5.74) is 2.87. The lowest BCUT2D eigenvalue weighted by atomic mass is 9.99. The highest BCUT2D eigenvalue weighted by Crippen LogP contribution is 2.38. The van der Waals surface area contributed by atoms with Crippen LogP contribution in [-0.2, 0) is 0 Å². The van der Waals surface area contributed by atoms with Gasteiger partial charge in [0, 0.05) is 35.9 Å². The number of hydrogen-bond acceptors (Lipinski definition) is 6. The van der Waals surface area contributed by atoms with Crippen LogP contribution in [0.4, 0.5) is 11.5 Å². The summed E-state index contributed by atoms with van der Waals surface area (Å²) in [7, 11) is 0. The minimum atomic E-state index is -0.233. The molecule has 8 heteroatoms. The van der Waals surface area contributed by atoms with Crippen molar-refractivity contribution in [2.75, 3.05) is 5.32 Å². The number of aromatic nitrogens is 5. The quantitative estimate of drug-likeness (QED) is 0.446. The molecule has 1 saturated carbocycles. The fourth-order valence-corrected chi connectivity index (χ4v) is 4.14. The average molecular weight is 438 g/mol. The first-order valence-electron chi connectivity index (χ1n) is 10.9. The highest BCUT2D eigenvalue weighted by molar-refractivity contribution is 5.96. The van der Waals surface area contributed by atoms with Crippen LogP contribution < -0.4 is 10.9 Å². The van der Waals surface area contributed by atoms with Gasteiger partial charge in [0.15, 0.2) is 0 Å². The van der Waals surface area contributed by atoms with Crippen LogP contribution in [0.5, 0.6) is 0 Å². The monoisotopic (exact) mass is 437 g/mol. The van der Waals surface area contributed by atoms with E-state index in [1.54, 1.807) is 19.3 Å². The molecule has 1 atom stereocenters. The average Bonchev–Trinajstić information content (AvgIpc) is 3.64. The maximum absolute atomic E-state index is 13.8. The normalized spacial score (nSPS) is 14.1. The summed E-state index contributed by atoms with van der Waals surface area (Å²) in [5, 5.41) is 4.88. The van der Waals surface area contributed by atoms with E-state index in [9.17, 15) is 4.79 Å². The van der Waals surface area contributed by atoms with E-state index in [4.69, 9.17) is 6.57 Å². The number of hydrogen-bond donors (Lipinski definition) is 1. The Bertz CT molecular complexity index is 1460. The van der Waals surface area contributed by atoms with E-state index in [0.717, 1.165) is 35.0 Å². The van der Waals surface area contributed by atoms with Gasteiger partial charge in [0.25, 0.3) is 5.56 Å². The molecule has 0 aliphatic heterocycles. The molecule has 0 radical (unpaired) electrons. The summed E-state index contributed by atoms with van der Waals surface area (Å²) < 4.78 is 1.91. The van der Waals surface area contributed by atoms with Crippen LogP contribution in [0.25, 0.3) is 26.7 Å². The van der Waals surface area contributed by atoms with Gasteiger partial charge in [-0.25, -0.2) is 19.8 Å². The molecule has 1 aliphatic rings. The van der Waals surface area contributed by atoms with Gasteiger partial charge in [0.2, 0.25) is 5.69 Å². The maximum atomic E-state index is 13.8. The van der Waals surface area contributed by atoms with Gasteiger partial charge in [-0.3, -0.25) is 9.78 Å². The Morgan fingerprint density at radius 3 is 2.55 bits per heavy atom. The highest BCUT2D eigenvalue weighted by Gasteiger charge is 2.30.